The predicted octanol–water partition coefficient (Wildman–Crippen LogP) is 2.58. The Morgan fingerprint density at radius 1 is 1.26 bits per heavy atom. The smallest absolute Gasteiger partial charge is 0.261 e. The van der Waals surface area contributed by atoms with Gasteiger partial charge in [0.2, 0.25) is 0 Å². The molecule has 100 valence electrons. The molecule has 0 fully saturated rings. The first-order valence-electron chi connectivity index (χ1n) is 6.30. The first-order valence-corrected chi connectivity index (χ1v) is 6.30. The van der Waals surface area contributed by atoms with Gasteiger partial charge in [0.15, 0.2) is 0 Å². The van der Waals surface area contributed by atoms with E-state index in [1.807, 2.05) is 31.2 Å². The van der Waals surface area contributed by atoms with Gasteiger partial charge in [-0.3, -0.25) is 4.79 Å². The largest absolute Gasteiger partial charge is 0.469 e. The van der Waals surface area contributed by atoms with Crippen molar-refractivity contribution >= 4 is 11.6 Å². The van der Waals surface area contributed by atoms with E-state index in [0.29, 0.717) is 18.5 Å². The van der Waals surface area contributed by atoms with Crippen LogP contribution in [0.25, 0.3) is 0 Å². The SMILES string of the molecule is CCc1occc1C(=O)N(C)c1ccc(CN)cc1. The number of aryl methyl sites for hydroxylation is 1. The van der Waals surface area contributed by atoms with Crippen LogP contribution in [-0.2, 0) is 13.0 Å². The van der Waals surface area contributed by atoms with E-state index in [1.54, 1.807) is 24.3 Å². The molecule has 0 aliphatic carbocycles. The Morgan fingerprint density at radius 3 is 2.53 bits per heavy atom. The standard InChI is InChI=1S/C15H18N2O2/c1-3-14-13(8-9-19-14)15(18)17(2)12-6-4-11(10-16)5-7-12/h4-9H,3,10,16H2,1-2H3. The van der Waals surface area contributed by atoms with Crippen LogP contribution in [0.2, 0.25) is 0 Å². The highest BCUT2D eigenvalue weighted by Gasteiger charge is 2.18. The van der Waals surface area contributed by atoms with Gasteiger partial charge in [0.1, 0.15) is 5.76 Å². The molecule has 0 bridgehead atoms. The minimum absolute atomic E-state index is 0.0638. The van der Waals surface area contributed by atoms with Crippen LogP contribution >= 0.6 is 0 Å². The van der Waals surface area contributed by atoms with Crippen LogP contribution in [0.15, 0.2) is 41.0 Å². The number of carbonyl (C=O) groups is 1. The zero-order valence-electron chi connectivity index (χ0n) is 11.2. The Bertz CT molecular complexity index is 558. The topological polar surface area (TPSA) is 59.5 Å². The van der Waals surface area contributed by atoms with Gasteiger partial charge in [0.25, 0.3) is 5.91 Å². The summed E-state index contributed by atoms with van der Waals surface area (Å²) in [7, 11) is 1.76. The van der Waals surface area contributed by atoms with Crippen molar-refractivity contribution in [3.8, 4) is 0 Å². The zero-order chi connectivity index (χ0) is 13.8. The Hall–Kier alpha value is -2.07. The van der Waals surface area contributed by atoms with Crippen LogP contribution in [0.4, 0.5) is 5.69 Å². The summed E-state index contributed by atoms with van der Waals surface area (Å²) >= 11 is 0. The third kappa shape index (κ3) is 2.69. The van der Waals surface area contributed by atoms with Crippen molar-refractivity contribution in [2.75, 3.05) is 11.9 Å². The molecule has 2 rings (SSSR count). The van der Waals surface area contributed by atoms with Gasteiger partial charge in [-0.2, -0.15) is 0 Å². The maximum Gasteiger partial charge on any atom is 0.261 e. The van der Waals surface area contributed by atoms with Gasteiger partial charge in [0.05, 0.1) is 11.8 Å². The second kappa shape index (κ2) is 5.71. The lowest BCUT2D eigenvalue weighted by molar-refractivity contribution is 0.0991. The fourth-order valence-electron chi connectivity index (χ4n) is 1.96. The van der Waals surface area contributed by atoms with E-state index in [-0.39, 0.29) is 5.91 Å². The van der Waals surface area contributed by atoms with Crippen LogP contribution in [0.5, 0.6) is 0 Å². The number of rotatable bonds is 4. The molecule has 0 saturated carbocycles. The van der Waals surface area contributed by atoms with Crippen LogP contribution in [-0.4, -0.2) is 13.0 Å². The Morgan fingerprint density at radius 2 is 1.95 bits per heavy atom. The Kier molecular flexibility index (Phi) is 4.02. The van der Waals surface area contributed by atoms with E-state index < -0.39 is 0 Å². The van der Waals surface area contributed by atoms with Gasteiger partial charge in [-0.15, -0.1) is 0 Å². The molecule has 19 heavy (non-hydrogen) atoms. The molecule has 4 heteroatoms. The van der Waals surface area contributed by atoms with E-state index in [0.717, 1.165) is 17.0 Å². The summed E-state index contributed by atoms with van der Waals surface area (Å²) in [6.07, 6.45) is 2.26. The highest BCUT2D eigenvalue weighted by molar-refractivity contribution is 6.06. The molecule has 0 aliphatic rings. The molecule has 4 nitrogen and oxygen atoms in total. The lowest BCUT2D eigenvalue weighted by Gasteiger charge is -2.17. The van der Waals surface area contributed by atoms with Crippen molar-refractivity contribution in [3.05, 3.63) is 53.5 Å². The average Bonchev–Trinajstić information content (AvgIpc) is 2.94. The zero-order valence-corrected chi connectivity index (χ0v) is 11.2. The van der Waals surface area contributed by atoms with E-state index in [1.165, 1.54) is 0 Å². The highest BCUT2D eigenvalue weighted by Crippen LogP contribution is 2.19. The first-order chi connectivity index (χ1) is 9.17. The monoisotopic (exact) mass is 258 g/mol. The summed E-state index contributed by atoms with van der Waals surface area (Å²) in [6.45, 7) is 2.46. The first kappa shape index (κ1) is 13.4. The molecule has 1 amide bonds. The molecule has 1 heterocycles. The normalized spacial score (nSPS) is 10.5. The molecular formula is C15H18N2O2. The van der Waals surface area contributed by atoms with Crippen molar-refractivity contribution < 1.29 is 9.21 Å². The van der Waals surface area contributed by atoms with E-state index in [4.69, 9.17) is 10.2 Å². The van der Waals surface area contributed by atoms with Crippen LogP contribution in [0.3, 0.4) is 0 Å². The molecular weight excluding hydrogens is 240 g/mol. The molecule has 0 unspecified atom stereocenters. The third-order valence-electron chi connectivity index (χ3n) is 3.16. The van der Waals surface area contributed by atoms with Crippen molar-refractivity contribution in [3.63, 3.8) is 0 Å². The molecule has 2 aromatic rings. The second-order valence-electron chi connectivity index (χ2n) is 4.35. The maximum absolute atomic E-state index is 12.4. The highest BCUT2D eigenvalue weighted by atomic mass is 16.3. The van der Waals surface area contributed by atoms with Gasteiger partial charge >= 0.3 is 0 Å². The molecule has 1 aromatic heterocycles. The van der Waals surface area contributed by atoms with Crippen molar-refractivity contribution in [1.29, 1.82) is 0 Å². The van der Waals surface area contributed by atoms with Crippen LogP contribution < -0.4 is 10.6 Å². The number of nitrogens with zero attached hydrogens (tertiary/aromatic N) is 1. The number of hydrogen-bond donors (Lipinski definition) is 1. The lowest BCUT2D eigenvalue weighted by Crippen LogP contribution is -2.26. The molecule has 0 saturated heterocycles. The number of benzene rings is 1. The third-order valence-corrected chi connectivity index (χ3v) is 3.16. The number of carbonyl (C=O) groups excluding carboxylic acids is 1. The molecule has 0 atom stereocenters. The fourth-order valence-corrected chi connectivity index (χ4v) is 1.96. The molecule has 0 radical (unpaired) electrons. The van der Waals surface area contributed by atoms with E-state index >= 15 is 0 Å². The fraction of sp³-hybridized carbons (Fsp3) is 0.267. The minimum Gasteiger partial charge on any atom is -0.469 e. The Labute approximate surface area is 112 Å². The maximum atomic E-state index is 12.4. The summed E-state index contributed by atoms with van der Waals surface area (Å²) in [4.78, 5) is 14.0. The number of hydrogen-bond acceptors (Lipinski definition) is 3. The van der Waals surface area contributed by atoms with Crippen LogP contribution in [0, 0.1) is 0 Å². The molecule has 0 spiro atoms. The number of amides is 1. The lowest BCUT2D eigenvalue weighted by atomic mass is 10.1. The van der Waals surface area contributed by atoms with E-state index in [9.17, 15) is 4.79 Å². The van der Waals surface area contributed by atoms with Gasteiger partial charge in [-0.05, 0) is 23.8 Å². The summed E-state index contributed by atoms with van der Waals surface area (Å²) in [5, 5.41) is 0. The minimum atomic E-state index is -0.0638. The number of anilines is 1. The second-order valence-corrected chi connectivity index (χ2v) is 4.35. The number of furan rings is 1. The van der Waals surface area contributed by atoms with Crippen molar-refractivity contribution in [2.45, 2.75) is 19.9 Å². The van der Waals surface area contributed by atoms with Gasteiger partial charge in [-0.1, -0.05) is 19.1 Å². The number of nitrogens with two attached hydrogens (primary N) is 1. The van der Waals surface area contributed by atoms with Gasteiger partial charge in [0, 0.05) is 25.7 Å². The quantitative estimate of drug-likeness (QED) is 0.917. The van der Waals surface area contributed by atoms with Crippen molar-refractivity contribution in [2.24, 2.45) is 5.73 Å². The average molecular weight is 258 g/mol. The Balaban J connectivity index is 2.23. The summed E-state index contributed by atoms with van der Waals surface area (Å²) in [6, 6.07) is 9.36. The van der Waals surface area contributed by atoms with Gasteiger partial charge in [-0.25, -0.2) is 0 Å². The predicted molar refractivity (Wildman–Crippen MR) is 75.2 cm³/mol. The molecule has 1 aromatic carbocycles. The van der Waals surface area contributed by atoms with Crippen molar-refractivity contribution in [1.82, 2.24) is 0 Å². The van der Waals surface area contributed by atoms with E-state index in [2.05, 4.69) is 0 Å². The molecule has 0 aliphatic heterocycles. The molecule has 2 N–H and O–H groups in total. The summed E-state index contributed by atoms with van der Waals surface area (Å²) in [5.74, 6) is 0.654. The van der Waals surface area contributed by atoms with Gasteiger partial charge < -0.3 is 15.1 Å². The summed E-state index contributed by atoms with van der Waals surface area (Å²) < 4.78 is 5.29. The van der Waals surface area contributed by atoms with Crippen LogP contribution in [0.1, 0.15) is 28.6 Å². The summed E-state index contributed by atoms with van der Waals surface area (Å²) in [5.41, 5.74) is 8.06.